The second-order valence-corrected chi connectivity index (χ2v) is 7.96. The number of pyridine rings is 1. The molecule has 8 heteroatoms. The van der Waals surface area contributed by atoms with Crippen LogP contribution in [0.1, 0.15) is 37.8 Å². The number of carbonyl (C=O) groups is 1. The van der Waals surface area contributed by atoms with Gasteiger partial charge in [0.2, 0.25) is 0 Å². The molecule has 1 fully saturated rings. The van der Waals surface area contributed by atoms with Crippen molar-refractivity contribution in [2.75, 3.05) is 18.4 Å². The smallest absolute Gasteiger partial charge is 0.267 e. The predicted octanol–water partition coefficient (Wildman–Crippen LogP) is 3.44. The Morgan fingerprint density at radius 2 is 2.11 bits per heavy atom. The molecule has 0 atom stereocenters. The number of nitrogens with one attached hydrogen (secondary N) is 1. The van der Waals surface area contributed by atoms with E-state index in [-0.39, 0.29) is 11.5 Å². The van der Waals surface area contributed by atoms with Crippen LogP contribution in [-0.2, 0) is 4.79 Å². The van der Waals surface area contributed by atoms with Gasteiger partial charge in [0.15, 0.2) is 0 Å². The first-order valence-corrected chi connectivity index (χ1v) is 10.2. The largest absolute Gasteiger partial charge is 0.370 e. The summed E-state index contributed by atoms with van der Waals surface area (Å²) in [4.78, 5) is 32.5. The van der Waals surface area contributed by atoms with Crippen molar-refractivity contribution in [2.24, 2.45) is 0 Å². The Morgan fingerprint density at radius 1 is 1.33 bits per heavy atom. The van der Waals surface area contributed by atoms with E-state index in [9.17, 15) is 9.59 Å². The van der Waals surface area contributed by atoms with Crippen LogP contribution in [0.4, 0.5) is 5.82 Å². The molecular weight excluding hydrogens is 380 g/mol. The van der Waals surface area contributed by atoms with Crippen LogP contribution in [0.2, 0.25) is 0 Å². The second-order valence-electron chi connectivity index (χ2n) is 6.28. The molecule has 1 aliphatic heterocycles. The van der Waals surface area contributed by atoms with Gasteiger partial charge in [0.1, 0.15) is 15.8 Å². The van der Waals surface area contributed by atoms with Crippen molar-refractivity contribution in [3.8, 4) is 0 Å². The number of hydrogen-bond acceptors (Lipinski definition) is 6. The Hall–Kier alpha value is -2.19. The maximum atomic E-state index is 13.1. The van der Waals surface area contributed by atoms with Crippen LogP contribution in [0.3, 0.4) is 0 Å². The third-order valence-electron chi connectivity index (χ3n) is 4.31. The number of aryl methyl sites for hydroxylation is 1. The van der Waals surface area contributed by atoms with E-state index in [4.69, 9.17) is 12.2 Å². The normalized spacial score (nSPS) is 16.0. The van der Waals surface area contributed by atoms with Crippen LogP contribution in [0.5, 0.6) is 0 Å². The number of fused-ring (bicyclic) bond motifs is 1. The van der Waals surface area contributed by atoms with Gasteiger partial charge < -0.3 is 5.32 Å². The van der Waals surface area contributed by atoms with Gasteiger partial charge in [0, 0.05) is 19.3 Å². The molecule has 0 bridgehead atoms. The van der Waals surface area contributed by atoms with E-state index in [1.807, 2.05) is 26.0 Å². The van der Waals surface area contributed by atoms with Crippen molar-refractivity contribution in [2.45, 2.75) is 33.6 Å². The minimum atomic E-state index is -0.210. The van der Waals surface area contributed by atoms with Gasteiger partial charge in [0.05, 0.1) is 10.5 Å². The third kappa shape index (κ3) is 3.77. The molecule has 0 saturated carbocycles. The third-order valence-corrected chi connectivity index (χ3v) is 5.69. The van der Waals surface area contributed by atoms with E-state index in [2.05, 4.69) is 17.2 Å². The molecule has 1 N–H and O–H groups in total. The van der Waals surface area contributed by atoms with Crippen LogP contribution < -0.4 is 10.9 Å². The second kappa shape index (κ2) is 8.22. The molecular formula is C19H22N4O2S2. The molecule has 3 rings (SSSR count). The van der Waals surface area contributed by atoms with Crippen LogP contribution in [0.15, 0.2) is 28.0 Å². The number of nitrogens with zero attached hydrogens (tertiary/aromatic N) is 3. The zero-order valence-corrected chi connectivity index (χ0v) is 17.2. The monoisotopic (exact) mass is 402 g/mol. The highest BCUT2D eigenvalue weighted by atomic mass is 32.2. The van der Waals surface area contributed by atoms with E-state index >= 15 is 0 Å². The fourth-order valence-corrected chi connectivity index (χ4v) is 4.17. The molecule has 0 aliphatic carbocycles. The van der Waals surface area contributed by atoms with Crippen LogP contribution >= 0.6 is 24.0 Å². The molecule has 1 amide bonds. The first kappa shape index (κ1) is 19.6. The summed E-state index contributed by atoms with van der Waals surface area (Å²) in [6.07, 6.45) is 5.18. The number of carbonyl (C=O) groups excluding carboxylic acids is 1. The number of aromatic nitrogens is 2. The van der Waals surface area contributed by atoms with Crippen molar-refractivity contribution < 1.29 is 4.79 Å². The first-order chi connectivity index (χ1) is 13.0. The fraction of sp³-hybridized carbons (Fsp3) is 0.368. The topological polar surface area (TPSA) is 66.7 Å². The van der Waals surface area contributed by atoms with Crippen molar-refractivity contribution >= 4 is 51.7 Å². The zero-order chi connectivity index (χ0) is 19.6. The average Bonchev–Trinajstić information content (AvgIpc) is 2.91. The Kier molecular flexibility index (Phi) is 5.96. The van der Waals surface area contributed by atoms with Crippen molar-refractivity contribution in [3.63, 3.8) is 0 Å². The van der Waals surface area contributed by atoms with Crippen LogP contribution in [-0.4, -0.2) is 37.6 Å². The van der Waals surface area contributed by atoms with E-state index < -0.39 is 0 Å². The van der Waals surface area contributed by atoms with Crippen molar-refractivity contribution in [1.29, 1.82) is 0 Å². The Bertz CT molecular complexity index is 997. The van der Waals surface area contributed by atoms with Gasteiger partial charge in [0.25, 0.3) is 11.5 Å². The Morgan fingerprint density at radius 3 is 2.81 bits per heavy atom. The molecule has 0 aromatic carbocycles. The van der Waals surface area contributed by atoms with Gasteiger partial charge >= 0.3 is 0 Å². The molecule has 0 radical (unpaired) electrons. The zero-order valence-electron chi connectivity index (χ0n) is 15.6. The number of thioether (sulfide) groups is 1. The standard InChI is InChI=1S/C19H22N4O2S2/c1-4-6-9-23-18(25)14(27-19(23)26)11-13-15(20-5-2)21-16-12(3)8-7-10-22(16)17(13)24/h7-8,10-11,20H,4-6,9H2,1-3H3. The number of amides is 1. The Balaban J connectivity index is 2.11. The van der Waals surface area contributed by atoms with E-state index in [1.54, 1.807) is 17.2 Å². The van der Waals surface area contributed by atoms with Crippen molar-refractivity contribution in [3.05, 3.63) is 44.7 Å². The molecule has 142 valence electrons. The summed E-state index contributed by atoms with van der Waals surface area (Å²) < 4.78 is 2.05. The van der Waals surface area contributed by atoms with Gasteiger partial charge in [-0.05, 0) is 38.0 Å². The van der Waals surface area contributed by atoms with Crippen molar-refractivity contribution in [1.82, 2.24) is 14.3 Å². The lowest BCUT2D eigenvalue weighted by Crippen LogP contribution is -2.29. The molecule has 0 spiro atoms. The molecule has 2 aromatic heterocycles. The lowest BCUT2D eigenvalue weighted by atomic mass is 10.2. The van der Waals surface area contributed by atoms with Crippen LogP contribution in [0.25, 0.3) is 11.7 Å². The molecule has 3 heterocycles. The molecule has 2 aromatic rings. The summed E-state index contributed by atoms with van der Waals surface area (Å²) in [5.41, 5.74) is 1.67. The molecule has 6 nitrogen and oxygen atoms in total. The van der Waals surface area contributed by atoms with Gasteiger partial charge in [-0.2, -0.15) is 0 Å². The summed E-state index contributed by atoms with van der Waals surface area (Å²) in [6, 6.07) is 3.72. The number of hydrogen-bond donors (Lipinski definition) is 1. The molecule has 0 unspecified atom stereocenters. The van der Waals surface area contributed by atoms with Crippen LogP contribution in [0, 0.1) is 6.92 Å². The number of rotatable bonds is 6. The summed E-state index contributed by atoms with van der Waals surface area (Å²) in [6.45, 7) is 7.14. The summed E-state index contributed by atoms with van der Waals surface area (Å²) >= 11 is 6.58. The predicted molar refractivity (Wildman–Crippen MR) is 115 cm³/mol. The minimum absolute atomic E-state index is 0.144. The molecule has 1 aliphatic rings. The highest BCUT2D eigenvalue weighted by Crippen LogP contribution is 2.33. The fourth-order valence-electron chi connectivity index (χ4n) is 2.88. The SMILES string of the molecule is CCCCN1C(=O)C(=Cc2c(NCC)nc3c(C)cccn3c2=O)SC1=S. The maximum absolute atomic E-state index is 13.1. The number of thiocarbonyl (C=S) groups is 1. The first-order valence-electron chi connectivity index (χ1n) is 8.99. The highest BCUT2D eigenvalue weighted by Gasteiger charge is 2.32. The van der Waals surface area contributed by atoms with E-state index in [0.717, 1.165) is 18.4 Å². The van der Waals surface area contributed by atoms with Gasteiger partial charge in [-0.15, -0.1) is 0 Å². The van der Waals surface area contributed by atoms with Gasteiger partial charge in [-0.3, -0.25) is 18.9 Å². The van der Waals surface area contributed by atoms with E-state index in [1.165, 1.54) is 16.2 Å². The van der Waals surface area contributed by atoms with Gasteiger partial charge in [-0.1, -0.05) is 43.4 Å². The lowest BCUT2D eigenvalue weighted by Gasteiger charge is -2.13. The minimum Gasteiger partial charge on any atom is -0.370 e. The highest BCUT2D eigenvalue weighted by molar-refractivity contribution is 8.26. The Labute approximate surface area is 167 Å². The number of anilines is 1. The summed E-state index contributed by atoms with van der Waals surface area (Å²) in [7, 11) is 0. The molecule has 1 saturated heterocycles. The quantitative estimate of drug-likeness (QED) is 0.590. The summed E-state index contributed by atoms with van der Waals surface area (Å²) in [5.74, 6) is 0.338. The van der Waals surface area contributed by atoms with Gasteiger partial charge in [-0.25, -0.2) is 4.98 Å². The van der Waals surface area contributed by atoms with E-state index in [0.29, 0.717) is 39.3 Å². The number of unbranched alkanes of at least 4 members (excludes halogenated alkanes) is 1. The average molecular weight is 403 g/mol. The lowest BCUT2D eigenvalue weighted by molar-refractivity contribution is -0.122. The maximum Gasteiger partial charge on any atom is 0.267 e. The molecule has 27 heavy (non-hydrogen) atoms. The summed E-state index contributed by atoms with van der Waals surface area (Å²) in [5, 5.41) is 3.15.